The lowest BCUT2D eigenvalue weighted by Crippen LogP contribution is -2.32. The Balaban J connectivity index is 1.45. The number of hydrogen-bond donors (Lipinski definition) is 1. The van der Waals surface area contributed by atoms with Gasteiger partial charge in [-0.25, -0.2) is 4.98 Å². The van der Waals surface area contributed by atoms with E-state index < -0.39 is 0 Å². The molecule has 1 saturated carbocycles. The second kappa shape index (κ2) is 6.30. The molecule has 2 aromatic rings. The van der Waals surface area contributed by atoms with Crippen LogP contribution in [0.3, 0.4) is 0 Å². The van der Waals surface area contributed by atoms with Crippen molar-refractivity contribution in [2.75, 3.05) is 11.1 Å². The van der Waals surface area contributed by atoms with Crippen molar-refractivity contribution in [2.45, 2.75) is 63.9 Å². The molecule has 1 aromatic carbocycles. The van der Waals surface area contributed by atoms with Gasteiger partial charge in [0.2, 0.25) is 11.1 Å². The lowest BCUT2D eigenvalue weighted by molar-refractivity contribution is -0.113. The van der Waals surface area contributed by atoms with E-state index in [4.69, 9.17) is 4.98 Å². The van der Waals surface area contributed by atoms with Gasteiger partial charge in [-0.05, 0) is 43.7 Å². The van der Waals surface area contributed by atoms with Gasteiger partial charge >= 0.3 is 0 Å². The molecule has 2 unspecified atom stereocenters. The van der Waals surface area contributed by atoms with Crippen LogP contribution in [-0.4, -0.2) is 26.8 Å². The van der Waals surface area contributed by atoms with Crippen LogP contribution in [0.4, 0.5) is 5.69 Å². The molecule has 1 fully saturated rings. The Bertz CT molecular complexity index is 926. The van der Waals surface area contributed by atoms with Gasteiger partial charge in [0.1, 0.15) is 0 Å². The summed E-state index contributed by atoms with van der Waals surface area (Å²) in [5, 5.41) is 12.4. The molecular formula is C21H26N4OS. The molecule has 142 valence electrons. The molecule has 1 amide bonds. The minimum absolute atomic E-state index is 0.0517. The van der Waals surface area contributed by atoms with Crippen molar-refractivity contribution in [3.05, 3.63) is 40.7 Å². The molecule has 1 heterocycles. The molecule has 0 aliphatic heterocycles. The minimum Gasteiger partial charge on any atom is -0.325 e. The summed E-state index contributed by atoms with van der Waals surface area (Å²) in [4.78, 5) is 17.2. The number of nitrogens with zero attached hydrogens (tertiary/aromatic N) is 3. The third kappa shape index (κ3) is 2.85. The summed E-state index contributed by atoms with van der Waals surface area (Å²) in [6.45, 7) is 11.0. The van der Waals surface area contributed by atoms with Gasteiger partial charge in [-0.2, -0.15) is 5.10 Å². The van der Waals surface area contributed by atoms with Crippen LogP contribution >= 0.6 is 11.8 Å². The molecule has 0 spiro atoms. The number of carbonyl (C=O) groups is 1. The Morgan fingerprint density at radius 2 is 2.04 bits per heavy atom. The highest BCUT2D eigenvalue weighted by atomic mass is 32.2. The Hall–Kier alpha value is -1.95. The standard InChI is InChI=1S/C21H26N4OS/c1-12-6-7-15(13(2)10-12)22-16(26)11-27-19-23-18-17(24-25-19)14-8-9-21(18,5)20(14,3)4/h6-7,10,14H,8-9,11H2,1-5H3,(H,22,26). The number of nitrogens with one attached hydrogen (secondary N) is 1. The van der Waals surface area contributed by atoms with E-state index in [0.29, 0.717) is 11.1 Å². The summed E-state index contributed by atoms with van der Waals surface area (Å²) in [7, 11) is 0. The van der Waals surface area contributed by atoms with Crippen LogP contribution in [0.5, 0.6) is 0 Å². The van der Waals surface area contributed by atoms with Crippen LogP contribution in [0.25, 0.3) is 0 Å². The highest BCUT2D eigenvalue weighted by Crippen LogP contribution is 2.66. The third-order valence-electron chi connectivity index (χ3n) is 6.76. The van der Waals surface area contributed by atoms with E-state index in [1.807, 2.05) is 26.0 Å². The highest BCUT2D eigenvalue weighted by Gasteiger charge is 2.61. The summed E-state index contributed by atoms with van der Waals surface area (Å²) < 4.78 is 0. The normalized spacial score (nSPS) is 24.7. The summed E-state index contributed by atoms with van der Waals surface area (Å²) in [5.74, 6) is 0.672. The number of benzene rings is 1. The van der Waals surface area contributed by atoms with Crippen molar-refractivity contribution in [3.8, 4) is 0 Å². The Labute approximate surface area is 164 Å². The van der Waals surface area contributed by atoms with Crippen molar-refractivity contribution < 1.29 is 4.79 Å². The predicted octanol–water partition coefficient (Wildman–Crippen LogP) is 4.39. The lowest BCUT2D eigenvalue weighted by atomic mass is 9.70. The largest absolute Gasteiger partial charge is 0.325 e. The molecule has 2 atom stereocenters. The second-order valence-corrected chi connectivity index (χ2v) is 9.57. The average molecular weight is 383 g/mol. The lowest BCUT2D eigenvalue weighted by Gasteiger charge is -2.33. The topological polar surface area (TPSA) is 67.8 Å². The van der Waals surface area contributed by atoms with Crippen molar-refractivity contribution in [1.82, 2.24) is 15.2 Å². The Kier molecular flexibility index (Phi) is 4.29. The van der Waals surface area contributed by atoms with Gasteiger partial charge in [0, 0.05) is 17.0 Å². The van der Waals surface area contributed by atoms with Gasteiger partial charge in [-0.3, -0.25) is 4.79 Å². The summed E-state index contributed by atoms with van der Waals surface area (Å²) >= 11 is 1.35. The van der Waals surface area contributed by atoms with Gasteiger partial charge in [0.15, 0.2) is 0 Å². The fraction of sp³-hybridized carbons (Fsp3) is 0.524. The third-order valence-corrected chi connectivity index (χ3v) is 7.60. The van der Waals surface area contributed by atoms with E-state index in [1.54, 1.807) is 0 Å². The molecule has 1 aromatic heterocycles. The number of rotatable bonds is 4. The zero-order valence-electron chi connectivity index (χ0n) is 16.6. The Morgan fingerprint density at radius 3 is 2.78 bits per heavy atom. The molecule has 2 aliphatic rings. The maximum Gasteiger partial charge on any atom is 0.234 e. The second-order valence-electron chi connectivity index (χ2n) is 8.63. The number of thioether (sulfide) groups is 1. The van der Waals surface area contributed by atoms with Crippen LogP contribution in [0.1, 0.15) is 62.0 Å². The first kappa shape index (κ1) is 18.4. The van der Waals surface area contributed by atoms with Gasteiger partial charge in [0.25, 0.3) is 0 Å². The molecule has 5 nitrogen and oxygen atoms in total. The van der Waals surface area contributed by atoms with Crippen molar-refractivity contribution >= 4 is 23.4 Å². The number of aryl methyl sites for hydroxylation is 2. The number of hydrogen-bond acceptors (Lipinski definition) is 5. The number of fused-ring (bicyclic) bond motifs is 5. The van der Waals surface area contributed by atoms with Crippen molar-refractivity contribution in [2.24, 2.45) is 5.41 Å². The van der Waals surface area contributed by atoms with E-state index >= 15 is 0 Å². The first-order chi connectivity index (χ1) is 12.7. The van der Waals surface area contributed by atoms with Gasteiger partial charge < -0.3 is 5.32 Å². The molecule has 27 heavy (non-hydrogen) atoms. The maximum absolute atomic E-state index is 12.3. The maximum atomic E-state index is 12.3. The Morgan fingerprint density at radius 1 is 1.26 bits per heavy atom. The SMILES string of the molecule is Cc1ccc(NC(=O)CSc2nnc3c(n2)C2(C)CCC3C2(C)C)c(C)c1. The molecule has 2 aliphatic carbocycles. The van der Waals surface area contributed by atoms with Crippen LogP contribution in [-0.2, 0) is 10.2 Å². The van der Waals surface area contributed by atoms with Crippen LogP contribution in [0.2, 0.25) is 0 Å². The van der Waals surface area contributed by atoms with Gasteiger partial charge in [-0.1, -0.05) is 50.2 Å². The number of anilines is 1. The van der Waals surface area contributed by atoms with Gasteiger partial charge in [0.05, 0.1) is 17.1 Å². The highest BCUT2D eigenvalue weighted by molar-refractivity contribution is 7.99. The monoisotopic (exact) mass is 382 g/mol. The fourth-order valence-electron chi connectivity index (χ4n) is 4.69. The van der Waals surface area contributed by atoms with Crippen molar-refractivity contribution in [3.63, 3.8) is 0 Å². The van der Waals surface area contributed by atoms with Crippen LogP contribution < -0.4 is 5.32 Å². The molecule has 0 saturated heterocycles. The zero-order valence-corrected chi connectivity index (χ0v) is 17.4. The summed E-state index contributed by atoms with van der Waals surface area (Å²) in [5.41, 5.74) is 5.48. The smallest absolute Gasteiger partial charge is 0.234 e. The average Bonchev–Trinajstić information content (AvgIpc) is 2.94. The summed E-state index contributed by atoms with van der Waals surface area (Å²) in [6, 6.07) is 6.01. The molecule has 0 radical (unpaired) electrons. The molecule has 6 heteroatoms. The predicted molar refractivity (Wildman–Crippen MR) is 108 cm³/mol. The number of aromatic nitrogens is 3. The van der Waals surface area contributed by atoms with Crippen molar-refractivity contribution in [1.29, 1.82) is 0 Å². The quantitative estimate of drug-likeness (QED) is 0.794. The van der Waals surface area contributed by atoms with E-state index in [2.05, 4.69) is 42.4 Å². The van der Waals surface area contributed by atoms with E-state index in [0.717, 1.165) is 35.5 Å². The van der Waals surface area contributed by atoms with E-state index in [-0.39, 0.29) is 22.5 Å². The van der Waals surface area contributed by atoms with Gasteiger partial charge in [-0.15, -0.1) is 5.10 Å². The summed E-state index contributed by atoms with van der Waals surface area (Å²) in [6.07, 6.45) is 2.31. The van der Waals surface area contributed by atoms with E-state index in [9.17, 15) is 4.79 Å². The zero-order chi connectivity index (χ0) is 19.4. The number of carbonyl (C=O) groups excluding carboxylic acids is 1. The van der Waals surface area contributed by atoms with E-state index in [1.165, 1.54) is 17.3 Å². The fourth-order valence-corrected chi connectivity index (χ4v) is 5.28. The molecule has 2 bridgehead atoms. The molecule has 1 N–H and O–H groups in total. The number of amides is 1. The first-order valence-electron chi connectivity index (χ1n) is 9.47. The minimum atomic E-state index is -0.0517. The molecule has 4 rings (SSSR count). The first-order valence-corrected chi connectivity index (χ1v) is 10.5. The molecular weight excluding hydrogens is 356 g/mol. The van der Waals surface area contributed by atoms with Crippen LogP contribution in [0.15, 0.2) is 23.4 Å². The van der Waals surface area contributed by atoms with Crippen LogP contribution in [0, 0.1) is 19.3 Å².